The molecule has 1 aromatic carbocycles. The number of hydrogen-bond donors (Lipinski definition) is 0. The second-order valence-corrected chi connectivity index (χ2v) is 7.89. The van der Waals surface area contributed by atoms with Crippen molar-refractivity contribution in [3.05, 3.63) is 71.1 Å². The van der Waals surface area contributed by atoms with E-state index in [1.165, 1.54) is 0 Å². The molecule has 0 aliphatic carbocycles. The van der Waals surface area contributed by atoms with Crippen LogP contribution in [0.4, 0.5) is 0 Å². The number of methoxy groups -OCH3 is 2. The number of nitrogens with zero attached hydrogens (tertiary/aromatic N) is 3. The van der Waals surface area contributed by atoms with E-state index in [0.29, 0.717) is 31.6 Å². The van der Waals surface area contributed by atoms with E-state index in [2.05, 4.69) is 11.1 Å². The molecule has 0 bridgehead atoms. The molecule has 7 heteroatoms. The number of hydrogen-bond acceptors (Lipinski definition) is 5. The summed E-state index contributed by atoms with van der Waals surface area (Å²) in [5, 5.41) is 0. The van der Waals surface area contributed by atoms with Crippen LogP contribution < -0.4 is 4.74 Å². The van der Waals surface area contributed by atoms with E-state index >= 15 is 0 Å². The van der Waals surface area contributed by atoms with Crippen molar-refractivity contribution < 1.29 is 19.1 Å². The van der Waals surface area contributed by atoms with Crippen LogP contribution in [0.5, 0.6) is 5.75 Å². The molecule has 3 heterocycles. The van der Waals surface area contributed by atoms with E-state index < -0.39 is 6.10 Å². The maximum Gasteiger partial charge on any atom is 0.255 e. The Morgan fingerprint density at radius 3 is 2.58 bits per heavy atom. The van der Waals surface area contributed by atoms with Crippen LogP contribution >= 0.6 is 0 Å². The smallest absolute Gasteiger partial charge is 0.255 e. The third-order valence-corrected chi connectivity index (χ3v) is 6.10. The van der Waals surface area contributed by atoms with Gasteiger partial charge in [0.05, 0.1) is 18.7 Å². The largest absolute Gasteiger partial charge is 0.497 e. The normalized spacial score (nSPS) is 20.9. The first-order valence-electron chi connectivity index (χ1n) is 10.4. The highest BCUT2D eigenvalue weighted by Crippen LogP contribution is 2.33. The Balaban J connectivity index is 1.47. The predicted molar refractivity (Wildman–Crippen MR) is 116 cm³/mol. The molecule has 2 amide bonds. The molecule has 2 aliphatic rings. The lowest BCUT2D eigenvalue weighted by Gasteiger charge is -2.48. The number of amides is 2. The third-order valence-electron chi connectivity index (χ3n) is 6.10. The van der Waals surface area contributed by atoms with Gasteiger partial charge in [0, 0.05) is 39.1 Å². The van der Waals surface area contributed by atoms with Crippen LogP contribution in [0.15, 0.2) is 54.4 Å². The quantitative estimate of drug-likeness (QED) is 0.530. The van der Waals surface area contributed by atoms with Crippen LogP contribution in [0, 0.1) is 6.92 Å². The van der Waals surface area contributed by atoms with E-state index in [1.807, 2.05) is 47.1 Å². The maximum atomic E-state index is 12.9. The number of carbonyl (C=O) groups excluding carboxylic acids is 2. The molecule has 2 aromatic rings. The van der Waals surface area contributed by atoms with Crippen LogP contribution in [0.2, 0.25) is 0 Å². The zero-order valence-electron chi connectivity index (χ0n) is 18.1. The van der Waals surface area contributed by atoms with Gasteiger partial charge in [0.1, 0.15) is 5.75 Å². The Bertz CT molecular complexity index is 1000. The van der Waals surface area contributed by atoms with Crippen molar-refractivity contribution in [3.8, 4) is 5.75 Å². The third kappa shape index (κ3) is 4.05. The summed E-state index contributed by atoms with van der Waals surface area (Å²) in [5.74, 6) is 0.770. The first-order chi connectivity index (χ1) is 15.0. The van der Waals surface area contributed by atoms with Crippen molar-refractivity contribution in [3.63, 3.8) is 0 Å². The van der Waals surface area contributed by atoms with Crippen molar-refractivity contribution in [2.75, 3.05) is 27.3 Å². The van der Waals surface area contributed by atoms with Gasteiger partial charge in [-0.05, 0) is 48.2 Å². The summed E-state index contributed by atoms with van der Waals surface area (Å²) in [7, 11) is 3.21. The summed E-state index contributed by atoms with van der Waals surface area (Å²) in [5.41, 5.74) is 3.74. The van der Waals surface area contributed by atoms with E-state index in [-0.39, 0.29) is 17.9 Å². The number of aromatic nitrogens is 1. The molecule has 31 heavy (non-hydrogen) atoms. The van der Waals surface area contributed by atoms with Gasteiger partial charge in [-0.3, -0.25) is 14.6 Å². The molecule has 0 saturated carbocycles. The highest BCUT2D eigenvalue weighted by atomic mass is 16.5. The predicted octanol–water partition coefficient (Wildman–Crippen LogP) is 2.60. The molecule has 1 saturated heterocycles. The Labute approximate surface area is 182 Å². The summed E-state index contributed by atoms with van der Waals surface area (Å²) in [6.07, 6.45) is 5.63. The van der Waals surface area contributed by atoms with E-state index in [9.17, 15) is 9.59 Å². The van der Waals surface area contributed by atoms with Gasteiger partial charge in [0.25, 0.3) is 11.8 Å². The molecule has 0 spiro atoms. The highest BCUT2D eigenvalue weighted by molar-refractivity contribution is 5.95. The summed E-state index contributed by atoms with van der Waals surface area (Å²) < 4.78 is 10.7. The van der Waals surface area contributed by atoms with Crippen molar-refractivity contribution in [2.24, 2.45) is 0 Å². The Morgan fingerprint density at radius 1 is 1.19 bits per heavy atom. The van der Waals surface area contributed by atoms with Crippen LogP contribution in [0.25, 0.3) is 0 Å². The van der Waals surface area contributed by atoms with Crippen LogP contribution in [0.3, 0.4) is 0 Å². The standard InChI is InChI=1S/C24H27N3O4/c1-16-8-11-25-14-20(16)23(28)26-12-9-18(10-13-26)21-22(31-3)24(29)27(21)15-17-4-6-19(30-2)7-5-17/h4-9,11,14,21-22H,10,12-13,15H2,1-3H3/t21-,22+/m0/s1. The lowest BCUT2D eigenvalue weighted by atomic mass is 9.86. The van der Waals surface area contributed by atoms with Crippen LogP contribution in [-0.4, -0.2) is 66.1 Å². The number of carbonyl (C=O) groups is 2. The lowest BCUT2D eigenvalue weighted by Crippen LogP contribution is -2.66. The first kappa shape index (κ1) is 21.1. The van der Waals surface area contributed by atoms with Crippen molar-refractivity contribution in [1.82, 2.24) is 14.8 Å². The van der Waals surface area contributed by atoms with E-state index in [1.54, 1.807) is 26.6 Å². The average molecular weight is 421 g/mol. The van der Waals surface area contributed by atoms with Crippen molar-refractivity contribution in [2.45, 2.75) is 32.0 Å². The zero-order valence-corrected chi connectivity index (χ0v) is 18.1. The SMILES string of the molecule is COc1ccc(CN2C(=O)[C@H](OC)[C@@H]2C2=CCN(C(=O)c3cnccc3C)CC2)cc1. The molecule has 0 N–H and O–H groups in total. The first-order valence-corrected chi connectivity index (χ1v) is 10.4. The Morgan fingerprint density at radius 2 is 1.97 bits per heavy atom. The van der Waals surface area contributed by atoms with Gasteiger partial charge in [-0.25, -0.2) is 0 Å². The highest BCUT2D eigenvalue weighted by Gasteiger charge is 2.49. The minimum absolute atomic E-state index is 0.00583. The number of pyridine rings is 1. The molecule has 2 atom stereocenters. The van der Waals surface area contributed by atoms with Gasteiger partial charge in [-0.15, -0.1) is 0 Å². The Hall–Kier alpha value is -3.19. The second kappa shape index (κ2) is 8.89. The summed E-state index contributed by atoms with van der Waals surface area (Å²) in [4.78, 5) is 33.3. The van der Waals surface area contributed by atoms with E-state index in [0.717, 1.165) is 22.4 Å². The molecule has 4 rings (SSSR count). The number of aryl methyl sites for hydroxylation is 1. The molecule has 0 radical (unpaired) electrons. The summed E-state index contributed by atoms with van der Waals surface area (Å²) in [6.45, 7) is 3.55. The molecule has 7 nitrogen and oxygen atoms in total. The molecular formula is C24H27N3O4. The zero-order chi connectivity index (χ0) is 22.0. The summed E-state index contributed by atoms with van der Waals surface area (Å²) in [6, 6.07) is 9.47. The molecule has 1 fully saturated rings. The fourth-order valence-corrected chi connectivity index (χ4v) is 4.24. The minimum atomic E-state index is -0.465. The number of β-lactam (4-membered cyclic amide) rings is 1. The second-order valence-electron chi connectivity index (χ2n) is 7.89. The summed E-state index contributed by atoms with van der Waals surface area (Å²) >= 11 is 0. The van der Waals surface area contributed by atoms with Gasteiger partial charge in [-0.1, -0.05) is 18.2 Å². The fourth-order valence-electron chi connectivity index (χ4n) is 4.24. The van der Waals surface area contributed by atoms with Gasteiger partial charge in [-0.2, -0.15) is 0 Å². The number of benzene rings is 1. The minimum Gasteiger partial charge on any atom is -0.497 e. The number of ether oxygens (including phenoxy) is 2. The molecule has 0 unspecified atom stereocenters. The van der Waals surface area contributed by atoms with Gasteiger partial charge >= 0.3 is 0 Å². The fraction of sp³-hybridized carbons (Fsp3) is 0.375. The maximum absolute atomic E-state index is 12.9. The number of likely N-dealkylation sites (tertiary alicyclic amines) is 1. The lowest BCUT2D eigenvalue weighted by molar-refractivity contribution is -0.168. The topological polar surface area (TPSA) is 72.0 Å². The van der Waals surface area contributed by atoms with Gasteiger partial charge in [0.15, 0.2) is 6.10 Å². The van der Waals surface area contributed by atoms with E-state index in [4.69, 9.17) is 9.47 Å². The molecular weight excluding hydrogens is 394 g/mol. The molecule has 1 aromatic heterocycles. The number of rotatable bonds is 6. The van der Waals surface area contributed by atoms with Crippen LogP contribution in [-0.2, 0) is 16.1 Å². The van der Waals surface area contributed by atoms with Crippen molar-refractivity contribution >= 4 is 11.8 Å². The van der Waals surface area contributed by atoms with Gasteiger partial charge in [0.2, 0.25) is 0 Å². The molecule has 162 valence electrons. The molecule has 2 aliphatic heterocycles. The van der Waals surface area contributed by atoms with Gasteiger partial charge < -0.3 is 19.3 Å². The Kier molecular flexibility index (Phi) is 6.04. The van der Waals surface area contributed by atoms with Crippen molar-refractivity contribution in [1.29, 1.82) is 0 Å². The monoisotopic (exact) mass is 421 g/mol. The average Bonchev–Trinajstić information content (AvgIpc) is 2.81. The van der Waals surface area contributed by atoms with Crippen LogP contribution in [0.1, 0.15) is 27.9 Å².